The number of nitrogens with zero attached hydrogens (tertiary/aromatic N) is 4. The molecule has 1 unspecified atom stereocenters. The highest BCUT2D eigenvalue weighted by molar-refractivity contribution is 6.12. The van der Waals surface area contributed by atoms with Gasteiger partial charge in [0.1, 0.15) is 11.6 Å². The summed E-state index contributed by atoms with van der Waals surface area (Å²) in [5, 5.41) is 2.18. The summed E-state index contributed by atoms with van der Waals surface area (Å²) in [5.74, 6) is -1.72. The maximum atomic E-state index is 13.0. The van der Waals surface area contributed by atoms with E-state index in [1.165, 1.54) is 12.4 Å². The first kappa shape index (κ1) is 22.6. The molecule has 0 radical (unpaired) electrons. The number of piperidine rings is 1. The SMILES string of the molecule is CC(C)(C)OC(=O)COc1cnc(N2CC3(CC(=O)N(C4CCC(=O)NC4=O)C3=O)C2)nc1. The number of carbonyl (C=O) groups excluding carboxylic acids is 5. The quantitative estimate of drug-likeness (QED) is 0.454. The second-order valence-electron chi connectivity index (χ2n) is 9.44. The monoisotopic (exact) mass is 459 g/mol. The van der Waals surface area contributed by atoms with Gasteiger partial charge in [0.15, 0.2) is 12.4 Å². The van der Waals surface area contributed by atoms with E-state index in [2.05, 4.69) is 15.3 Å². The van der Waals surface area contributed by atoms with E-state index in [-0.39, 0.29) is 44.7 Å². The molecule has 4 rings (SSSR count). The number of nitrogens with one attached hydrogen (secondary N) is 1. The summed E-state index contributed by atoms with van der Waals surface area (Å²) < 4.78 is 10.5. The van der Waals surface area contributed by atoms with E-state index in [1.807, 2.05) is 0 Å². The zero-order chi connectivity index (χ0) is 24.0. The fraction of sp³-hybridized carbons (Fsp3) is 0.571. The van der Waals surface area contributed by atoms with Crippen LogP contribution in [-0.2, 0) is 28.7 Å². The van der Waals surface area contributed by atoms with Gasteiger partial charge < -0.3 is 14.4 Å². The minimum atomic E-state index is -0.950. The molecular formula is C21H25N5O7. The summed E-state index contributed by atoms with van der Waals surface area (Å²) in [5.41, 5.74) is -1.53. The van der Waals surface area contributed by atoms with E-state index in [0.717, 1.165) is 4.90 Å². The Morgan fingerprint density at radius 3 is 2.45 bits per heavy atom. The normalized spacial score (nSPS) is 22.3. The third kappa shape index (κ3) is 4.50. The lowest BCUT2D eigenvalue weighted by atomic mass is 9.78. The number of imide groups is 2. The molecular weight excluding hydrogens is 434 g/mol. The molecule has 3 saturated heterocycles. The highest BCUT2D eigenvalue weighted by atomic mass is 16.6. The van der Waals surface area contributed by atoms with Crippen LogP contribution in [0, 0.1) is 5.41 Å². The van der Waals surface area contributed by atoms with Gasteiger partial charge in [-0.2, -0.15) is 0 Å². The van der Waals surface area contributed by atoms with Crippen LogP contribution >= 0.6 is 0 Å². The molecule has 3 aliphatic heterocycles. The maximum Gasteiger partial charge on any atom is 0.344 e. The van der Waals surface area contributed by atoms with E-state index in [9.17, 15) is 24.0 Å². The van der Waals surface area contributed by atoms with Crippen LogP contribution in [0.1, 0.15) is 40.0 Å². The third-order valence-electron chi connectivity index (χ3n) is 5.61. The molecule has 1 aromatic heterocycles. The summed E-state index contributed by atoms with van der Waals surface area (Å²) in [6.45, 7) is 5.47. The standard InChI is InChI=1S/C21H25N5O7/c1-20(2,3)33-16(29)9-32-12-7-22-19(23-8-12)25-10-21(11-25)6-15(28)26(18(21)31)13-4-5-14(27)24-17(13)30/h7-8,13H,4-6,9-11H2,1-3H3,(H,24,27,30). The minimum absolute atomic E-state index is 0.00283. The molecule has 1 N–H and O–H groups in total. The fourth-order valence-electron chi connectivity index (χ4n) is 4.20. The van der Waals surface area contributed by atoms with Crippen molar-refractivity contribution in [1.29, 1.82) is 0 Å². The molecule has 4 amide bonds. The topological polar surface area (TPSA) is 148 Å². The van der Waals surface area contributed by atoms with Crippen molar-refractivity contribution in [2.24, 2.45) is 5.41 Å². The zero-order valence-corrected chi connectivity index (χ0v) is 18.6. The van der Waals surface area contributed by atoms with Crippen molar-refractivity contribution in [3.63, 3.8) is 0 Å². The van der Waals surface area contributed by atoms with Gasteiger partial charge in [-0.15, -0.1) is 0 Å². The van der Waals surface area contributed by atoms with Gasteiger partial charge in [-0.3, -0.25) is 29.4 Å². The molecule has 0 aromatic carbocycles. The van der Waals surface area contributed by atoms with Gasteiger partial charge >= 0.3 is 5.97 Å². The fourth-order valence-corrected chi connectivity index (χ4v) is 4.20. The smallest absolute Gasteiger partial charge is 0.344 e. The molecule has 4 heterocycles. The zero-order valence-electron chi connectivity index (χ0n) is 18.6. The van der Waals surface area contributed by atoms with Crippen molar-refractivity contribution in [3.05, 3.63) is 12.4 Å². The average Bonchev–Trinajstić information content (AvgIpc) is 2.95. The van der Waals surface area contributed by atoms with Crippen LogP contribution in [0.5, 0.6) is 5.75 Å². The molecule has 12 heteroatoms. The van der Waals surface area contributed by atoms with E-state index in [4.69, 9.17) is 9.47 Å². The van der Waals surface area contributed by atoms with E-state index >= 15 is 0 Å². The predicted octanol–water partition coefficient (Wildman–Crippen LogP) is -0.432. The van der Waals surface area contributed by atoms with Gasteiger partial charge in [0.2, 0.25) is 29.6 Å². The lowest BCUT2D eigenvalue weighted by Gasteiger charge is -2.46. The number of ether oxygens (including phenoxy) is 2. The van der Waals surface area contributed by atoms with Crippen molar-refractivity contribution in [1.82, 2.24) is 20.2 Å². The van der Waals surface area contributed by atoms with Crippen LogP contribution in [0.4, 0.5) is 5.95 Å². The summed E-state index contributed by atoms with van der Waals surface area (Å²) in [4.78, 5) is 72.0. The van der Waals surface area contributed by atoms with Crippen LogP contribution < -0.4 is 15.0 Å². The summed E-state index contributed by atoms with van der Waals surface area (Å²) in [6, 6.07) is -0.950. The van der Waals surface area contributed by atoms with Gasteiger partial charge in [0.25, 0.3) is 0 Å². The number of amides is 4. The Bertz CT molecular complexity index is 1010. The lowest BCUT2D eigenvalue weighted by molar-refractivity contribution is -0.157. The Labute approximate surface area is 189 Å². The number of hydrogen-bond donors (Lipinski definition) is 1. The van der Waals surface area contributed by atoms with Crippen LogP contribution in [0.2, 0.25) is 0 Å². The van der Waals surface area contributed by atoms with Crippen LogP contribution in [-0.4, -0.2) is 75.8 Å². The minimum Gasteiger partial charge on any atom is -0.479 e. The Balaban J connectivity index is 1.33. The molecule has 1 spiro atoms. The van der Waals surface area contributed by atoms with E-state index in [0.29, 0.717) is 5.95 Å². The van der Waals surface area contributed by atoms with E-state index < -0.39 is 46.7 Å². The van der Waals surface area contributed by atoms with Crippen molar-refractivity contribution >= 4 is 35.5 Å². The molecule has 176 valence electrons. The number of aromatic nitrogens is 2. The molecule has 1 atom stereocenters. The second kappa shape index (κ2) is 8.09. The predicted molar refractivity (Wildman–Crippen MR) is 111 cm³/mol. The van der Waals surface area contributed by atoms with Crippen LogP contribution in [0.3, 0.4) is 0 Å². The third-order valence-corrected chi connectivity index (χ3v) is 5.61. The van der Waals surface area contributed by atoms with Crippen LogP contribution in [0.15, 0.2) is 12.4 Å². The molecule has 3 aliphatic rings. The van der Waals surface area contributed by atoms with Crippen molar-refractivity contribution in [3.8, 4) is 5.75 Å². The largest absolute Gasteiger partial charge is 0.479 e. The molecule has 1 aromatic rings. The van der Waals surface area contributed by atoms with Crippen LogP contribution in [0.25, 0.3) is 0 Å². The summed E-state index contributed by atoms with van der Waals surface area (Å²) in [6.07, 6.45) is 3.04. The molecule has 0 aliphatic carbocycles. The molecule has 33 heavy (non-hydrogen) atoms. The summed E-state index contributed by atoms with van der Waals surface area (Å²) >= 11 is 0. The van der Waals surface area contributed by atoms with Crippen molar-refractivity contribution in [2.75, 3.05) is 24.6 Å². The number of likely N-dealkylation sites (tertiary alicyclic amines) is 1. The summed E-state index contributed by atoms with van der Waals surface area (Å²) in [7, 11) is 0. The molecule has 0 bridgehead atoms. The molecule has 3 fully saturated rings. The Morgan fingerprint density at radius 1 is 1.18 bits per heavy atom. The Kier molecular flexibility index (Phi) is 5.54. The highest BCUT2D eigenvalue weighted by Crippen LogP contribution is 2.43. The van der Waals surface area contributed by atoms with Gasteiger partial charge in [-0.1, -0.05) is 0 Å². The maximum absolute atomic E-state index is 13.0. The Hall–Kier alpha value is -3.57. The number of hydrogen-bond acceptors (Lipinski definition) is 10. The molecule has 0 saturated carbocycles. The van der Waals surface area contributed by atoms with Gasteiger partial charge in [-0.25, -0.2) is 14.8 Å². The first-order valence-electron chi connectivity index (χ1n) is 10.6. The number of esters is 1. The van der Waals surface area contributed by atoms with Gasteiger partial charge in [0, 0.05) is 25.9 Å². The second-order valence-corrected chi connectivity index (χ2v) is 9.44. The number of anilines is 1. The highest BCUT2D eigenvalue weighted by Gasteiger charge is 2.61. The number of carbonyl (C=O) groups is 5. The molecule has 12 nitrogen and oxygen atoms in total. The average molecular weight is 459 g/mol. The van der Waals surface area contributed by atoms with Crippen molar-refractivity contribution in [2.45, 2.75) is 51.7 Å². The number of rotatable bonds is 5. The van der Waals surface area contributed by atoms with Gasteiger partial charge in [0.05, 0.1) is 17.8 Å². The van der Waals surface area contributed by atoms with Crippen molar-refractivity contribution < 1.29 is 33.4 Å². The van der Waals surface area contributed by atoms with E-state index in [1.54, 1.807) is 25.7 Å². The Morgan fingerprint density at radius 2 is 1.85 bits per heavy atom. The van der Waals surface area contributed by atoms with Gasteiger partial charge in [-0.05, 0) is 27.2 Å². The first-order valence-corrected chi connectivity index (χ1v) is 10.6. The lowest BCUT2D eigenvalue weighted by Crippen LogP contribution is -2.62. The first-order chi connectivity index (χ1) is 15.5.